The molecule has 1 amide bonds. The van der Waals surface area contributed by atoms with E-state index in [1.165, 1.54) is 5.56 Å². The van der Waals surface area contributed by atoms with E-state index < -0.39 is 0 Å². The number of hydrogen-bond acceptors (Lipinski definition) is 4. The first-order chi connectivity index (χ1) is 12.8. The van der Waals surface area contributed by atoms with Gasteiger partial charge in [-0.05, 0) is 18.4 Å². The first-order valence-electron chi connectivity index (χ1n) is 9.46. The van der Waals surface area contributed by atoms with E-state index in [2.05, 4.69) is 38.7 Å². The lowest BCUT2D eigenvalue weighted by Crippen LogP contribution is -2.51. The van der Waals surface area contributed by atoms with Gasteiger partial charge in [0.05, 0.1) is 6.54 Å². The molecule has 2 aliphatic heterocycles. The number of rotatable bonds is 5. The van der Waals surface area contributed by atoms with Crippen LogP contribution in [0.15, 0.2) is 42.7 Å². The lowest BCUT2D eigenvalue weighted by molar-refractivity contribution is -0.142. The molecule has 2 aliphatic rings. The van der Waals surface area contributed by atoms with Crippen LogP contribution in [0.5, 0.6) is 0 Å². The van der Waals surface area contributed by atoms with Gasteiger partial charge >= 0.3 is 0 Å². The number of aromatic nitrogens is 2. The van der Waals surface area contributed by atoms with Crippen LogP contribution in [-0.2, 0) is 22.6 Å². The van der Waals surface area contributed by atoms with Crippen molar-refractivity contribution in [2.24, 2.45) is 0 Å². The van der Waals surface area contributed by atoms with E-state index in [0.717, 1.165) is 64.5 Å². The summed E-state index contributed by atoms with van der Waals surface area (Å²) >= 11 is 0. The van der Waals surface area contributed by atoms with Crippen LogP contribution in [0.4, 0.5) is 0 Å². The lowest BCUT2D eigenvalue weighted by atomic mass is 10.2. The number of imidazole rings is 1. The summed E-state index contributed by atoms with van der Waals surface area (Å²) in [6.45, 7) is 5.71. The van der Waals surface area contributed by atoms with Crippen molar-refractivity contribution in [1.82, 2.24) is 19.4 Å². The van der Waals surface area contributed by atoms with E-state index in [4.69, 9.17) is 4.74 Å². The molecule has 1 atom stereocenters. The average molecular weight is 354 g/mol. The Morgan fingerprint density at radius 2 is 1.92 bits per heavy atom. The molecule has 0 unspecified atom stereocenters. The lowest BCUT2D eigenvalue weighted by Gasteiger charge is -2.35. The predicted octanol–water partition coefficient (Wildman–Crippen LogP) is 1.75. The third-order valence-electron chi connectivity index (χ3n) is 5.25. The second kappa shape index (κ2) is 8.01. The SMILES string of the molecule is O=C([C@H]1CCCO1)N1CCN(Cc2nccn2Cc2ccccc2)CC1. The second-order valence-electron chi connectivity index (χ2n) is 7.06. The van der Waals surface area contributed by atoms with Gasteiger partial charge in [-0.15, -0.1) is 0 Å². The van der Waals surface area contributed by atoms with Gasteiger partial charge in [0, 0.05) is 51.7 Å². The Hall–Kier alpha value is -2.18. The fourth-order valence-electron chi connectivity index (χ4n) is 3.72. The zero-order valence-electron chi connectivity index (χ0n) is 15.1. The van der Waals surface area contributed by atoms with E-state index in [1.54, 1.807) is 0 Å². The quantitative estimate of drug-likeness (QED) is 0.821. The summed E-state index contributed by atoms with van der Waals surface area (Å²) in [5.41, 5.74) is 1.28. The summed E-state index contributed by atoms with van der Waals surface area (Å²) in [6, 6.07) is 10.4. The Balaban J connectivity index is 1.31. The molecule has 138 valence electrons. The molecule has 2 aromatic rings. The number of amides is 1. The molecule has 0 aliphatic carbocycles. The smallest absolute Gasteiger partial charge is 0.251 e. The number of nitrogens with zero attached hydrogens (tertiary/aromatic N) is 4. The van der Waals surface area contributed by atoms with Crippen LogP contribution >= 0.6 is 0 Å². The molecule has 2 fully saturated rings. The van der Waals surface area contributed by atoms with Crippen LogP contribution in [0.2, 0.25) is 0 Å². The number of ether oxygens (including phenoxy) is 1. The Bertz CT molecular complexity index is 716. The van der Waals surface area contributed by atoms with Gasteiger partial charge in [-0.3, -0.25) is 9.69 Å². The third kappa shape index (κ3) is 3.97. The van der Waals surface area contributed by atoms with Gasteiger partial charge in [-0.25, -0.2) is 4.98 Å². The fraction of sp³-hybridized carbons (Fsp3) is 0.500. The summed E-state index contributed by atoms with van der Waals surface area (Å²) in [6.07, 6.45) is 5.58. The number of benzene rings is 1. The highest BCUT2D eigenvalue weighted by atomic mass is 16.5. The van der Waals surface area contributed by atoms with Crippen molar-refractivity contribution in [1.29, 1.82) is 0 Å². The van der Waals surface area contributed by atoms with Crippen LogP contribution in [0, 0.1) is 0 Å². The minimum atomic E-state index is -0.202. The molecule has 1 aromatic carbocycles. The van der Waals surface area contributed by atoms with Crippen LogP contribution < -0.4 is 0 Å². The molecule has 6 heteroatoms. The molecule has 1 aromatic heterocycles. The highest BCUT2D eigenvalue weighted by Gasteiger charge is 2.30. The van der Waals surface area contributed by atoms with Gasteiger partial charge in [0.15, 0.2) is 0 Å². The normalized spacial score (nSPS) is 21.2. The third-order valence-corrected chi connectivity index (χ3v) is 5.25. The van der Waals surface area contributed by atoms with Gasteiger partial charge in [-0.2, -0.15) is 0 Å². The van der Waals surface area contributed by atoms with E-state index >= 15 is 0 Å². The summed E-state index contributed by atoms with van der Waals surface area (Å²) in [7, 11) is 0. The van der Waals surface area contributed by atoms with Gasteiger partial charge in [0.25, 0.3) is 5.91 Å². The summed E-state index contributed by atoms with van der Waals surface area (Å²) in [4.78, 5) is 21.3. The van der Waals surface area contributed by atoms with Gasteiger partial charge in [0.1, 0.15) is 11.9 Å². The van der Waals surface area contributed by atoms with Crippen molar-refractivity contribution in [3.63, 3.8) is 0 Å². The maximum atomic E-state index is 12.4. The van der Waals surface area contributed by atoms with Crippen molar-refractivity contribution >= 4 is 5.91 Å². The Morgan fingerprint density at radius 3 is 2.65 bits per heavy atom. The zero-order valence-corrected chi connectivity index (χ0v) is 15.1. The molecule has 0 radical (unpaired) electrons. The number of hydrogen-bond donors (Lipinski definition) is 0. The molecule has 4 rings (SSSR count). The zero-order chi connectivity index (χ0) is 17.8. The van der Waals surface area contributed by atoms with E-state index in [0.29, 0.717) is 0 Å². The Morgan fingerprint density at radius 1 is 1.12 bits per heavy atom. The van der Waals surface area contributed by atoms with Crippen molar-refractivity contribution in [2.45, 2.75) is 32.0 Å². The first kappa shape index (κ1) is 17.2. The molecule has 3 heterocycles. The number of carbonyl (C=O) groups is 1. The Labute approximate surface area is 154 Å². The number of piperazine rings is 1. The minimum absolute atomic E-state index is 0.174. The monoisotopic (exact) mass is 354 g/mol. The second-order valence-corrected chi connectivity index (χ2v) is 7.06. The van der Waals surface area contributed by atoms with Crippen molar-refractivity contribution in [3.8, 4) is 0 Å². The van der Waals surface area contributed by atoms with E-state index in [9.17, 15) is 4.79 Å². The molecule has 0 bridgehead atoms. The molecule has 2 saturated heterocycles. The molecular formula is C20H26N4O2. The van der Waals surface area contributed by atoms with Crippen LogP contribution in [0.3, 0.4) is 0 Å². The van der Waals surface area contributed by atoms with Gasteiger partial charge < -0.3 is 14.2 Å². The van der Waals surface area contributed by atoms with Crippen molar-refractivity contribution in [3.05, 3.63) is 54.1 Å². The van der Waals surface area contributed by atoms with Gasteiger partial charge in [0.2, 0.25) is 0 Å². The molecule has 6 nitrogen and oxygen atoms in total. The molecule has 0 spiro atoms. The topological polar surface area (TPSA) is 50.6 Å². The summed E-state index contributed by atoms with van der Waals surface area (Å²) < 4.78 is 7.74. The molecule has 0 N–H and O–H groups in total. The highest BCUT2D eigenvalue weighted by Crippen LogP contribution is 2.17. The summed E-state index contributed by atoms with van der Waals surface area (Å²) in [5.74, 6) is 1.25. The number of carbonyl (C=O) groups excluding carboxylic acids is 1. The van der Waals surface area contributed by atoms with E-state index in [1.807, 2.05) is 23.4 Å². The van der Waals surface area contributed by atoms with Crippen molar-refractivity contribution in [2.75, 3.05) is 32.8 Å². The predicted molar refractivity (Wildman–Crippen MR) is 98.6 cm³/mol. The average Bonchev–Trinajstić information content (AvgIpc) is 3.35. The highest BCUT2D eigenvalue weighted by molar-refractivity contribution is 5.81. The maximum Gasteiger partial charge on any atom is 0.251 e. The standard InChI is InChI=1S/C20H26N4O2/c25-20(18-7-4-14-26-18)23-12-10-22(11-13-23)16-19-21-8-9-24(19)15-17-5-2-1-3-6-17/h1-3,5-6,8-9,18H,4,7,10-16H2/t18-/m1/s1. The van der Waals surface area contributed by atoms with Crippen LogP contribution in [0.25, 0.3) is 0 Å². The Kier molecular flexibility index (Phi) is 5.32. The van der Waals surface area contributed by atoms with Crippen LogP contribution in [0.1, 0.15) is 24.2 Å². The molecular weight excluding hydrogens is 328 g/mol. The van der Waals surface area contributed by atoms with E-state index in [-0.39, 0.29) is 12.0 Å². The first-order valence-corrected chi connectivity index (χ1v) is 9.46. The van der Waals surface area contributed by atoms with Crippen LogP contribution in [-0.4, -0.2) is 64.1 Å². The molecule has 0 saturated carbocycles. The van der Waals surface area contributed by atoms with Crippen molar-refractivity contribution < 1.29 is 9.53 Å². The summed E-state index contributed by atoms with van der Waals surface area (Å²) in [5, 5.41) is 0. The minimum Gasteiger partial charge on any atom is -0.368 e. The largest absolute Gasteiger partial charge is 0.368 e. The molecule has 26 heavy (non-hydrogen) atoms. The van der Waals surface area contributed by atoms with Gasteiger partial charge in [-0.1, -0.05) is 30.3 Å². The maximum absolute atomic E-state index is 12.4. The fourth-order valence-corrected chi connectivity index (χ4v) is 3.72.